The number of nitrogens with one attached hydrogen (secondary N) is 1. The van der Waals surface area contributed by atoms with Crippen molar-refractivity contribution in [2.75, 3.05) is 6.54 Å². The molecule has 4 rings (SSSR count). The molecule has 0 saturated carbocycles. The van der Waals surface area contributed by atoms with E-state index in [4.69, 9.17) is 0 Å². The maximum Gasteiger partial charge on any atom is 0.251 e. The van der Waals surface area contributed by atoms with Crippen LogP contribution in [0.25, 0.3) is 22.3 Å². The Morgan fingerprint density at radius 1 is 1.08 bits per heavy atom. The van der Waals surface area contributed by atoms with Gasteiger partial charge in [-0.2, -0.15) is 13.8 Å². The molecule has 1 aromatic carbocycles. The van der Waals surface area contributed by atoms with Crippen LogP contribution in [0.5, 0.6) is 0 Å². The Morgan fingerprint density at radius 3 is 2.80 bits per heavy atom. The summed E-state index contributed by atoms with van der Waals surface area (Å²) in [7, 11) is 0. The molecule has 0 atom stereocenters. The van der Waals surface area contributed by atoms with Gasteiger partial charge in [-0.15, -0.1) is 0 Å². The minimum absolute atomic E-state index is 0.128. The lowest BCUT2D eigenvalue weighted by atomic mass is 10.2. The minimum Gasteiger partial charge on any atom is -0.350 e. The van der Waals surface area contributed by atoms with Crippen LogP contribution in [0.1, 0.15) is 10.4 Å². The van der Waals surface area contributed by atoms with Gasteiger partial charge < -0.3 is 5.32 Å². The summed E-state index contributed by atoms with van der Waals surface area (Å²) in [6.45, 7) is 1.08. The molecule has 0 saturated heterocycles. The van der Waals surface area contributed by atoms with E-state index in [1.54, 1.807) is 24.5 Å². The fourth-order valence-corrected chi connectivity index (χ4v) is 2.99. The number of amides is 1. The second-order valence-electron chi connectivity index (χ2n) is 5.42. The molecular formula is C17H14N6OS. The van der Waals surface area contributed by atoms with Crippen molar-refractivity contribution in [3.05, 3.63) is 60.6 Å². The number of rotatable bonds is 5. The number of pyridine rings is 1. The zero-order valence-corrected chi connectivity index (χ0v) is 14.0. The fourth-order valence-electron chi connectivity index (χ4n) is 2.47. The highest BCUT2D eigenvalue weighted by Gasteiger charge is 2.08. The van der Waals surface area contributed by atoms with Gasteiger partial charge in [-0.1, -0.05) is 0 Å². The van der Waals surface area contributed by atoms with Gasteiger partial charge >= 0.3 is 0 Å². The van der Waals surface area contributed by atoms with Crippen LogP contribution in [0.4, 0.5) is 0 Å². The molecule has 25 heavy (non-hydrogen) atoms. The van der Waals surface area contributed by atoms with Crippen molar-refractivity contribution in [3.8, 4) is 11.3 Å². The molecule has 0 bridgehead atoms. The van der Waals surface area contributed by atoms with Crippen molar-refractivity contribution in [3.63, 3.8) is 0 Å². The molecule has 0 unspecified atom stereocenters. The van der Waals surface area contributed by atoms with E-state index < -0.39 is 0 Å². The number of fused-ring (bicyclic) bond motifs is 1. The van der Waals surface area contributed by atoms with E-state index in [-0.39, 0.29) is 5.91 Å². The van der Waals surface area contributed by atoms with E-state index >= 15 is 0 Å². The Morgan fingerprint density at radius 2 is 1.92 bits per heavy atom. The third-order valence-electron chi connectivity index (χ3n) is 3.76. The summed E-state index contributed by atoms with van der Waals surface area (Å²) >= 11 is 1.14. The summed E-state index contributed by atoms with van der Waals surface area (Å²) in [5.41, 5.74) is 4.03. The predicted octanol–water partition coefficient (Wildman–Crippen LogP) is 2.38. The molecule has 124 valence electrons. The Bertz CT molecular complexity index is 1010. The first-order chi connectivity index (χ1) is 12.3. The molecule has 4 aromatic rings. The molecule has 0 aliphatic rings. The summed E-state index contributed by atoms with van der Waals surface area (Å²) in [4.78, 5) is 16.2. The molecular weight excluding hydrogens is 336 g/mol. The number of carbonyl (C=O) groups excluding carboxylic acids is 1. The summed E-state index contributed by atoms with van der Waals surface area (Å²) in [6, 6.07) is 11.1. The quantitative estimate of drug-likeness (QED) is 0.597. The highest BCUT2D eigenvalue weighted by molar-refractivity contribution is 7.00. The highest BCUT2D eigenvalue weighted by atomic mass is 32.1. The lowest BCUT2D eigenvalue weighted by Crippen LogP contribution is -2.27. The Balaban J connectivity index is 1.36. The van der Waals surface area contributed by atoms with Crippen molar-refractivity contribution < 1.29 is 4.79 Å². The van der Waals surface area contributed by atoms with Gasteiger partial charge in [0, 0.05) is 36.3 Å². The SMILES string of the molecule is O=C(NCCn1ccc(-c2ccncc2)n1)c1ccc2nsnc2c1. The zero-order valence-electron chi connectivity index (χ0n) is 13.2. The number of hydrogen-bond acceptors (Lipinski definition) is 6. The van der Waals surface area contributed by atoms with Gasteiger partial charge in [0.05, 0.1) is 24.0 Å². The average Bonchev–Trinajstić information content (AvgIpc) is 3.31. The lowest BCUT2D eigenvalue weighted by Gasteiger charge is -2.05. The van der Waals surface area contributed by atoms with Crippen molar-refractivity contribution in [2.24, 2.45) is 0 Å². The van der Waals surface area contributed by atoms with Gasteiger partial charge in [0.2, 0.25) is 0 Å². The van der Waals surface area contributed by atoms with Crippen LogP contribution in [0.3, 0.4) is 0 Å². The van der Waals surface area contributed by atoms with Gasteiger partial charge in [0.25, 0.3) is 5.91 Å². The maximum atomic E-state index is 12.2. The summed E-state index contributed by atoms with van der Waals surface area (Å²) in [5, 5.41) is 7.40. The third kappa shape index (κ3) is 3.38. The highest BCUT2D eigenvalue weighted by Crippen LogP contribution is 2.15. The van der Waals surface area contributed by atoms with E-state index in [0.717, 1.165) is 34.0 Å². The summed E-state index contributed by atoms with van der Waals surface area (Å²) in [5.74, 6) is -0.128. The van der Waals surface area contributed by atoms with Crippen molar-refractivity contribution in [1.82, 2.24) is 28.8 Å². The summed E-state index contributed by atoms with van der Waals surface area (Å²) in [6.07, 6.45) is 5.38. The number of nitrogens with zero attached hydrogens (tertiary/aromatic N) is 5. The van der Waals surface area contributed by atoms with Crippen LogP contribution in [0.15, 0.2) is 55.0 Å². The third-order valence-corrected chi connectivity index (χ3v) is 4.32. The van der Waals surface area contributed by atoms with Crippen molar-refractivity contribution in [2.45, 2.75) is 6.54 Å². The molecule has 3 aromatic heterocycles. The largest absolute Gasteiger partial charge is 0.350 e. The normalized spacial score (nSPS) is 10.9. The van der Waals surface area contributed by atoms with Crippen LogP contribution >= 0.6 is 11.7 Å². The van der Waals surface area contributed by atoms with Crippen LogP contribution in [-0.4, -0.2) is 36.0 Å². The fraction of sp³-hybridized carbons (Fsp3) is 0.118. The first-order valence-electron chi connectivity index (χ1n) is 7.74. The predicted molar refractivity (Wildman–Crippen MR) is 95.2 cm³/mol. The molecule has 1 N–H and O–H groups in total. The molecule has 0 fully saturated rings. The van der Waals surface area contributed by atoms with Crippen LogP contribution in [0, 0.1) is 0 Å². The Hall–Kier alpha value is -3.13. The molecule has 8 heteroatoms. The number of benzene rings is 1. The molecule has 0 spiro atoms. The topological polar surface area (TPSA) is 85.6 Å². The zero-order chi connectivity index (χ0) is 17.1. The van der Waals surface area contributed by atoms with E-state index in [2.05, 4.69) is 24.1 Å². The van der Waals surface area contributed by atoms with Gasteiger partial charge in [0.15, 0.2) is 0 Å². The molecule has 1 amide bonds. The van der Waals surface area contributed by atoms with E-state index in [0.29, 0.717) is 18.7 Å². The summed E-state index contributed by atoms with van der Waals surface area (Å²) < 4.78 is 10.1. The van der Waals surface area contributed by atoms with Crippen LogP contribution in [-0.2, 0) is 6.54 Å². The number of aromatic nitrogens is 5. The first-order valence-corrected chi connectivity index (χ1v) is 8.47. The molecule has 0 aliphatic carbocycles. The van der Waals surface area contributed by atoms with E-state index in [1.807, 2.05) is 35.1 Å². The van der Waals surface area contributed by atoms with Crippen LogP contribution < -0.4 is 5.32 Å². The lowest BCUT2D eigenvalue weighted by molar-refractivity contribution is 0.0952. The average molecular weight is 350 g/mol. The smallest absolute Gasteiger partial charge is 0.251 e. The van der Waals surface area contributed by atoms with Gasteiger partial charge in [-0.25, -0.2) is 0 Å². The first kappa shape index (κ1) is 15.4. The van der Waals surface area contributed by atoms with E-state index in [9.17, 15) is 4.79 Å². The maximum absolute atomic E-state index is 12.2. The second kappa shape index (κ2) is 6.78. The van der Waals surface area contributed by atoms with E-state index in [1.165, 1.54) is 0 Å². The minimum atomic E-state index is -0.128. The molecule has 3 heterocycles. The van der Waals surface area contributed by atoms with Crippen LogP contribution in [0.2, 0.25) is 0 Å². The van der Waals surface area contributed by atoms with Crippen molar-refractivity contribution in [1.29, 1.82) is 0 Å². The number of hydrogen-bond donors (Lipinski definition) is 1. The number of carbonyl (C=O) groups is 1. The molecule has 0 aliphatic heterocycles. The Labute approximate surface area is 147 Å². The van der Waals surface area contributed by atoms with Gasteiger partial charge in [0.1, 0.15) is 11.0 Å². The van der Waals surface area contributed by atoms with Gasteiger partial charge in [-0.3, -0.25) is 14.5 Å². The van der Waals surface area contributed by atoms with Crippen molar-refractivity contribution >= 4 is 28.7 Å². The van der Waals surface area contributed by atoms with Gasteiger partial charge in [-0.05, 0) is 36.4 Å². The monoisotopic (exact) mass is 350 g/mol. The second-order valence-corrected chi connectivity index (χ2v) is 5.95. The molecule has 7 nitrogen and oxygen atoms in total. The standard InChI is InChI=1S/C17H14N6OS/c24-17(13-1-2-15-16(11-13)22-25-21-15)19-8-10-23-9-5-14(20-23)12-3-6-18-7-4-12/h1-7,9,11H,8,10H2,(H,19,24). The Kier molecular flexibility index (Phi) is 4.17. The molecule has 0 radical (unpaired) electrons.